The number of ether oxygens (including phenoxy) is 1. The van der Waals surface area contributed by atoms with Crippen LogP contribution >= 0.6 is 0 Å². The molecule has 0 N–H and O–H groups in total. The van der Waals surface area contributed by atoms with Gasteiger partial charge in [0.05, 0.1) is 13.0 Å². The van der Waals surface area contributed by atoms with Crippen LogP contribution in [0.5, 0.6) is 0 Å². The summed E-state index contributed by atoms with van der Waals surface area (Å²) in [5.41, 5.74) is 0.577. The van der Waals surface area contributed by atoms with Crippen LogP contribution in [0.3, 0.4) is 0 Å². The fraction of sp³-hybridized carbons (Fsp3) is 0.500. The molecule has 8 heteroatoms. The van der Waals surface area contributed by atoms with Crippen LogP contribution in [-0.2, 0) is 9.53 Å². The first-order valence-corrected chi connectivity index (χ1v) is 5.46. The van der Waals surface area contributed by atoms with Crippen molar-refractivity contribution in [1.29, 1.82) is 0 Å². The molecule has 96 valence electrons. The van der Waals surface area contributed by atoms with Crippen molar-refractivity contribution in [3.63, 3.8) is 0 Å². The summed E-state index contributed by atoms with van der Waals surface area (Å²) >= 11 is 0. The summed E-state index contributed by atoms with van der Waals surface area (Å²) in [6.07, 6.45) is 0. The zero-order chi connectivity index (χ0) is 13.1. The van der Waals surface area contributed by atoms with Gasteiger partial charge in [0.25, 0.3) is 0 Å². The van der Waals surface area contributed by atoms with Gasteiger partial charge in [-0.25, -0.2) is 0 Å². The molecule has 2 rings (SSSR count). The van der Waals surface area contributed by atoms with Gasteiger partial charge in [0.1, 0.15) is 0 Å². The van der Waals surface area contributed by atoms with Gasteiger partial charge in [-0.2, -0.15) is 0 Å². The number of rotatable bonds is 4. The molecular weight excluding hydrogens is 236 g/mol. The highest BCUT2D eigenvalue weighted by Gasteiger charge is 2.16. The number of carbonyl (C=O) groups is 1. The van der Waals surface area contributed by atoms with Crippen LogP contribution in [-0.4, -0.2) is 51.9 Å². The predicted octanol–water partition coefficient (Wildman–Crippen LogP) is -0.235. The molecule has 0 spiro atoms. The van der Waals surface area contributed by atoms with Gasteiger partial charge in [-0.3, -0.25) is 4.79 Å². The van der Waals surface area contributed by atoms with Crippen molar-refractivity contribution in [2.45, 2.75) is 6.92 Å². The highest BCUT2D eigenvalue weighted by Crippen LogP contribution is 2.11. The molecule has 8 nitrogen and oxygen atoms in total. The highest BCUT2D eigenvalue weighted by molar-refractivity contribution is 5.72. The maximum Gasteiger partial charge on any atom is 0.310 e. The van der Waals surface area contributed by atoms with Gasteiger partial charge in [-0.05, 0) is 22.6 Å². The first kappa shape index (κ1) is 12.2. The van der Waals surface area contributed by atoms with Crippen LogP contribution in [0.15, 0.2) is 12.1 Å². The van der Waals surface area contributed by atoms with E-state index in [9.17, 15) is 4.79 Å². The van der Waals surface area contributed by atoms with E-state index in [1.54, 1.807) is 19.1 Å². The lowest BCUT2D eigenvalue weighted by atomic mass is 10.2. The molecule has 0 aliphatic carbocycles. The summed E-state index contributed by atoms with van der Waals surface area (Å²) in [5.74, 6) is 0.210. The summed E-state index contributed by atoms with van der Waals surface area (Å²) in [7, 11) is 3.22. The third-order valence-corrected chi connectivity index (χ3v) is 2.60. The molecule has 0 saturated heterocycles. The third kappa shape index (κ3) is 2.36. The number of hydrogen-bond acceptors (Lipinski definition) is 7. The number of carbonyl (C=O) groups excluding carboxylic acids is 1. The van der Waals surface area contributed by atoms with Crippen molar-refractivity contribution < 1.29 is 9.53 Å². The minimum absolute atomic E-state index is 0.230. The Morgan fingerprint density at radius 2 is 2.33 bits per heavy atom. The lowest BCUT2D eigenvalue weighted by Crippen LogP contribution is -2.30. The van der Waals surface area contributed by atoms with Gasteiger partial charge < -0.3 is 9.64 Å². The van der Waals surface area contributed by atoms with Gasteiger partial charge in [0, 0.05) is 13.6 Å². The Morgan fingerprint density at radius 1 is 1.56 bits per heavy atom. The van der Waals surface area contributed by atoms with Crippen LogP contribution in [0.2, 0.25) is 0 Å². The standard InChI is InChI=1S/C10H14N6O2/c1-7(10(17)18-3)6-15(2)9-5-4-8-11-13-14-16(8)12-9/h4-5,7H,6H2,1-3H3/t7-/m0/s1. The lowest BCUT2D eigenvalue weighted by molar-refractivity contribution is -0.144. The van der Waals surface area contributed by atoms with E-state index >= 15 is 0 Å². The molecule has 0 amide bonds. The van der Waals surface area contributed by atoms with Crippen LogP contribution < -0.4 is 4.90 Å². The summed E-state index contributed by atoms with van der Waals surface area (Å²) in [5, 5.41) is 15.2. The smallest absolute Gasteiger partial charge is 0.310 e. The quantitative estimate of drug-likeness (QED) is 0.692. The molecule has 0 saturated carbocycles. The predicted molar refractivity (Wildman–Crippen MR) is 63.0 cm³/mol. The monoisotopic (exact) mass is 250 g/mol. The van der Waals surface area contributed by atoms with Crippen LogP contribution in [0.1, 0.15) is 6.92 Å². The van der Waals surface area contributed by atoms with E-state index in [-0.39, 0.29) is 11.9 Å². The van der Waals surface area contributed by atoms with Crippen molar-refractivity contribution in [2.75, 3.05) is 25.6 Å². The normalized spacial score (nSPS) is 12.4. The van der Waals surface area contributed by atoms with Crippen LogP contribution in [0.25, 0.3) is 5.65 Å². The molecule has 0 unspecified atom stereocenters. The molecule has 2 aromatic rings. The minimum Gasteiger partial charge on any atom is -0.469 e. The maximum absolute atomic E-state index is 11.3. The summed E-state index contributed by atoms with van der Waals surface area (Å²) in [6.45, 7) is 2.31. The molecule has 2 heterocycles. The second-order valence-electron chi connectivity index (χ2n) is 4.02. The molecule has 0 aliphatic heterocycles. The summed E-state index contributed by atoms with van der Waals surface area (Å²) in [4.78, 5) is 13.2. The Hall–Kier alpha value is -2.25. The van der Waals surface area contributed by atoms with E-state index in [1.807, 2.05) is 11.9 Å². The fourth-order valence-electron chi connectivity index (χ4n) is 1.62. The van der Waals surface area contributed by atoms with E-state index in [1.165, 1.54) is 11.7 Å². The Bertz CT molecular complexity index is 554. The molecule has 18 heavy (non-hydrogen) atoms. The van der Waals surface area contributed by atoms with Gasteiger partial charge in [-0.1, -0.05) is 6.92 Å². The number of aromatic nitrogens is 5. The molecule has 0 aliphatic rings. The number of tetrazole rings is 1. The van der Waals surface area contributed by atoms with Crippen molar-refractivity contribution in [1.82, 2.24) is 25.3 Å². The van der Waals surface area contributed by atoms with E-state index < -0.39 is 0 Å². The number of esters is 1. The van der Waals surface area contributed by atoms with Crippen LogP contribution in [0.4, 0.5) is 5.82 Å². The zero-order valence-electron chi connectivity index (χ0n) is 10.4. The number of fused-ring (bicyclic) bond motifs is 1. The molecular formula is C10H14N6O2. The zero-order valence-corrected chi connectivity index (χ0v) is 10.4. The second kappa shape index (κ2) is 4.94. The average molecular weight is 250 g/mol. The van der Waals surface area contributed by atoms with Gasteiger partial charge in [-0.15, -0.1) is 14.8 Å². The highest BCUT2D eigenvalue weighted by atomic mass is 16.5. The fourth-order valence-corrected chi connectivity index (χ4v) is 1.62. The Kier molecular flexibility index (Phi) is 3.35. The van der Waals surface area contributed by atoms with E-state index in [2.05, 4.69) is 25.4 Å². The molecule has 0 radical (unpaired) electrons. The SMILES string of the molecule is COC(=O)[C@@H](C)CN(C)c1ccc2nnnn2n1. The molecule has 0 bridgehead atoms. The topological polar surface area (TPSA) is 85.5 Å². The summed E-state index contributed by atoms with van der Waals surface area (Å²) in [6, 6.07) is 3.57. The average Bonchev–Trinajstić information content (AvgIpc) is 2.84. The molecule has 1 atom stereocenters. The van der Waals surface area contributed by atoms with Crippen molar-refractivity contribution >= 4 is 17.4 Å². The van der Waals surface area contributed by atoms with Crippen molar-refractivity contribution in [3.8, 4) is 0 Å². The van der Waals surface area contributed by atoms with Crippen LogP contribution in [0, 0.1) is 5.92 Å². The maximum atomic E-state index is 11.3. The lowest BCUT2D eigenvalue weighted by Gasteiger charge is -2.20. The van der Waals surface area contributed by atoms with E-state index in [0.717, 1.165) is 0 Å². The number of hydrogen-bond donors (Lipinski definition) is 0. The van der Waals surface area contributed by atoms with Gasteiger partial charge in [0.15, 0.2) is 11.5 Å². The molecule has 2 aromatic heterocycles. The second-order valence-corrected chi connectivity index (χ2v) is 4.02. The first-order valence-electron chi connectivity index (χ1n) is 5.46. The van der Waals surface area contributed by atoms with E-state index in [4.69, 9.17) is 0 Å². The number of anilines is 1. The molecule has 0 aromatic carbocycles. The number of nitrogens with zero attached hydrogens (tertiary/aromatic N) is 6. The third-order valence-electron chi connectivity index (χ3n) is 2.60. The Balaban J connectivity index is 2.12. The van der Waals surface area contributed by atoms with E-state index in [0.29, 0.717) is 18.0 Å². The van der Waals surface area contributed by atoms with Crippen molar-refractivity contribution in [2.24, 2.45) is 5.92 Å². The Morgan fingerprint density at radius 3 is 3.06 bits per heavy atom. The minimum atomic E-state index is -0.245. The first-order chi connectivity index (χ1) is 8.61. The van der Waals surface area contributed by atoms with Crippen molar-refractivity contribution in [3.05, 3.63) is 12.1 Å². The Labute approximate surface area is 104 Å². The summed E-state index contributed by atoms with van der Waals surface area (Å²) < 4.78 is 6.02. The number of methoxy groups -OCH3 is 1. The van der Waals surface area contributed by atoms with Gasteiger partial charge in [0.2, 0.25) is 0 Å². The van der Waals surface area contributed by atoms with Gasteiger partial charge >= 0.3 is 5.97 Å². The molecule has 0 fully saturated rings. The largest absolute Gasteiger partial charge is 0.469 e.